The molecule has 0 fully saturated rings. The predicted molar refractivity (Wildman–Crippen MR) is 114 cm³/mol. The SMILES string of the molecule is Fc1cccc(COc2c(Br)cc(Br)cc2CNc2ccc(Br)cc2)c1. The van der Waals surface area contributed by atoms with E-state index in [0.717, 1.165) is 36.0 Å². The molecule has 0 saturated carbocycles. The number of hydrogen-bond acceptors (Lipinski definition) is 2. The van der Waals surface area contributed by atoms with E-state index in [9.17, 15) is 4.39 Å². The second kappa shape index (κ2) is 9.02. The molecule has 0 amide bonds. The summed E-state index contributed by atoms with van der Waals surface area (Å²) in [4.78, 5) is 0. The van der Waals surface area contributed by atoms with Gasteiger partial charge < -0.3 is 10.1 Å². The lowest BCUT2D eigenvalue weighted by Crippen LogP contribution is -2.05. The minimum Gasteiger partial charge on any atom is -0.487 e. The number of hydrogen-bond donors (Lipinski definition) is 1. The molecule has 0 heterocycles. The van der Waals surface area contributed by atoms with E-state index in [0.29, 0.717) is 13.2 Å². The molecule has 3 aromatic rings. The number of rotatable bonds is 6. The van der Waals surface area contributed by atoms with Crippen LogP contribution in [0.1, 0.15) is 11.1 Å². The van der Waals surface area contributed by atoms with Crippen LogP contribution in [-0.4, -0.2) is 0 Å². The van der Waals surface area contributed by atoms with Crippen LogP contribution in [-0.2, 0) is 13.2 Å². The summed E-state index contributed by atoms with van der Waals surface area (Å²) in [5.74, 6) is 0.472. The van der Waals surface area contributed by atoms with E-state index in [-0.39, 0.29) is 5.82 Å². The Balaban J connectivity index is 1.76. The van der Waals surface area contributed by atoms with Gasteiger partial charge in [-0.25, -0.2) is 4.39 Å². The summed E-state index contributed by atoms with van der Waals surface area (Å²) < 4.78 is 22.2. The van der Waals surface area contributed by atoms with E-state index in [1.54, 1.807) is 6.07 Å². The van der Waals surface area contributed by atoms with Crippen molar-refractivity contribution in [2.24, 2.45) is 0 Å². The first kappa shape index (κ1) is 19.4. The molecule has 0 radical (unpaired) electrons. The van der Waals surface area contributed by atoms with Gasteiger partial charge in [0.1, 0.15) is 18.2 Å². The zero-order valence-corrected chi connectivity index (χ0v) is 18.4. The Morgan fingerprint density at radius 1 is 0.885 bits per heavy atom. The Labute approximate surface area is 177 Å². The molecular weight excluding hydrogens is 529 g/mol. The van der Waals surface area contributed by atoms with Crippen LogP contribution in [0.5, 0.6) is 5.75 Å². The topological polar surface area (TPSA) is 21.3 Å². The van der Waals surface area contributed by atoms with Crippen LogP contribution in [0, 0.1) is 5.82 Å². The first-order chi connectivity index (χ1) is 12.5. The van der Waals surface area contributed by atoms with E-state index in [2.05, 4.69) is 53.1 Å². The van der Waals surface area contributed by atoms with E-state index >= 15 is 0 Å². The Morgan fingerprint density at radius 2 is 1.65 bits per heavy atom. The average molecular weight is 544 g/mol. The summed E-state index contributed by atoms with van der Waals surface area (Å²) in [7, 11) is 0. The molecule has 0 spiro atoms. The van der Waals surface area contributed by atoms with Gasteiger partial charge >= 0.3 is 0 Å². The maximum atomic E-state index is 13.4. The molecule has 2 nitrogen and oxygen atoms in total. The van der Waals surface area contributed by atoms with Crippen molar-refractivity contribution in [2.45, 2.75) is 13.2 Å². The molecule has 134 valence electrons. The van der Waals surface area contributed by atoms with Crippen molar-refractivity contribution < 1.29 is 9.13 Å². The molecule has 6 heteroatoms. The highest BCUT2D eigenvalue weighted by atomic mass is 79.9. The van der Waals surface area contributed by atoms with Crippen molar-refractivity contribution in [1.82, 2.24) is 0 Å². The van der Waals surface area contributed by atoms with Crippen LogP contribution >= 0.6 is 47.8 Å². The lowest BCUT2D eigenvalue weighted by Gasteiger charge is -2.15. The fraction of sp³-hybridized carbons (Fsp3) is 0.100. The maximum Gasteiger partial charge on any atom is 0.139 e. The molecule has 26 heavy (non-hydrogen) atoms. The van der Waals surface area contributed by atoms with E-state index in [4.69, 9.17) is 4.74 Å². The van der Waals surface area contributed by atoms with Crippen molar-refractivity contribution in [1.29, 1.82) is 0 Å². The van der Waals surface area contributed by atoms with Gasteiger partial charge in [0.25, 0.3) is 0 Å². The van der Waals surface area contributed by atoms with Gasteiger partial charge in [0.2, 0.25) is 0 Å². The molecular formula is C20H15Br3FNO. The van der Waals surface area contributed by atoms with Gasteiger partial charge in [-0.05, 0) is 70.0 Å². The second-order valence-electron chi connectivity index (χ2n) is 5.65. The smallest absolute Gasteiger partial charge is 0.139 e. The highest BCUT2D eigenvalue weighted by Gasteiger charge is 2.11. The summed E-state index contributed by atoms with van der Waals surface area (Å²) in [5.41, 5.74) is 2.79. The lowest BCUT2D eigenvalue weighted by molar-refractivity contribution is 0.300. The Morgan fingerprint density at radius 3 is 2.38 bits per heavy atom. The normalized spacial score (nSPS) is 10.6. The summed E-state index contributed by atoms with van der Waals surface area (Å²) in [6.07, 6.45) is 0. The second-order valence-corrected chi connectivity index (χ2v) is 8.34. The van der Waals surface area contributed by atoms with Gasteiger partial charge in [-0.2, -0.15) is 0 Å². The molecule has 3 aromatic carbocycles. The van der Waals surface area contributed by atoms with Gasteiger partial charge in [0.15, 0.2) is 0 Å². The molecule has 0 bridgehead atoms. The zero-order valence-electron chi connectivity index (χ0n) is 13.6. The fourth-order valence-electron chi connectivity index (χ4n) is 2.45. The third kappa shape index (κ3) is 5.32. The first-order valence-electron chi connectivity index (χ1n) is 7.86. The lowest BCUT2D eigenvalue weighted by atomic mass is 10.2. The first-order valence-corrected chi connectivity index (χ1v) is 10.2. The van der Waals surface area contributed by atoms with Gasteiger partial charge in [0, 0.05) is 26.7 Å². The largest absolute Gasteiger partial charge is 0.487 e. The molecule has 1 N–H and O–H groups in total. The van der Waals surface area contributed by atoms with Crippen LogP contribution in [0.15, 0.2) is 74.1 Å². The van der Waals surface area contributed by atoms with Crippen molar-refractivity contribution in [3.63, 3.8) is 0 Å². The van der Waals surface area contributed by atoms with Crippen molar-refractivity contribution in [3.8, 4) is 5.75 Å². The predicted octanol–water partition coefficient (Wildman–Crippen LogP) is 7.30. The van der Waals surface area contributed by atoms with Gasteiger partial charge in [-0.15, -0.1) is 0 Å². The van der Waals surface area contributed by atoms with E-state index in [1.165, 1.54) is 12.1 Å². The summed E-state index contributed by atoms with van der Waals surface area (Å²) in [6, 6.07) is 18.4. The number of halogens is 4. The van der Waals surface area contributed by atoms with Crippen LogP contribution in [0.4, 0.5) is 10.1 Å². The van der Waals surface area contributed by atoms with Crippen molar-refractivity contribution >= 4 is 53.5 Å². The third-order valence-corrected chi connectivity index (χ3v) is 5.26. The van der Waals surface area contributed by atoms with Crippen LogP contribution in [0.25, 0.3) is 0 Å². The summed E-state index contributed by atoms with van der Waals surface area (Å²) >= 11 is 10.5. The van der Waals surface area contributed by atoms with Crippen LogP contribution in [0.3, 0.4) is 0 Å². The number of nitrogens with one attached hydrogen (secondary N) is 1. The third-order valence-electron chi connectivity index (χ3n) is 3.68. The monoisotopic (exact) mass is 541 g/mol. The molecule has 0 unspecified atom stereocenters. The summed E-state index contributed by atoms with van der Waals surface area (Å²) in [6.45, 7) is 0.890. The number of ether oxygens (including phenoxy) is 1. The highest BCUT2D eigenvalue weighted by Crippen LogP contribution is 2.34. The Kier molecular flexibility index (Phi) is 6.73. The number of anilines is 1. The molecule has 0 aliphatic rings. The van der Waals surface area contributed by atoms with Crippen LogP contribution in [0.2, 0.25) is 0 Å². The van der Waals surface area contributed by atoms with Gasteiger partial charge in [0.05, 0.1) is 4.47 Å². The number of benzene rings is 3. The molecule has 0 aliphatic heterocycles. The van der Waals surface area contributed by atoms with Gasteiger partial charge in [-0.3, -0.25) is 0 Å². The van der Waals surface area contributed by atoms with E-state index in [1.807, 2.05) is 42.5 Å². The van der Waals surface area contributed by atoms with E-state index < -0.39 is 0 Å². The Hall–Kier alpha value is -1.37. The minimum atomic E-state index is -0.266. The molecule has 0 aromatic heterocycles. The Bertz CT molecular complexity index is 900. The zero-order chi connectivity index (χ0) is 18.5. The van der Waals surface area contributed by atoms with Crippen molar-refractivity contribution in [3.05, 3.63) is 91.0 Å². The molecule has 0 atom stereocenters. The van der Waals surface area contributed by atoms with Crippen LogP contribution < -0.4 is 10.1 Å². The minimum absolute atomic E-state index is 0.266. The maximum absolute atomic E-state index is 13.4. The highest BCUT2D eigenvalue weighted by molar-refractivity contribution is 9.11. The molecule has 3 rings (SSSR count). The van der Waals surface area contributed by atoms with Crippen molar-refractivity contribution in [2.75, 3.05) is 5.32 Å². The van der Waals surface area contributed by atoms with Gasteiger partial charge in [-0.1, -0.05) is 44.0 Å². The fourth-order valence-corrected chi connectivity index (χ4v) is 4.15. The average Bonchev–Trinajstić information content (AvgIpc) is 2.60. The summed E-state index contributed by atoms with van der Waals surface area (Å²) in [5, 5.41) is 3.39. The molecule has 0 aliphatic carbocycles. The standard InChI is InChI=1S/C20H15Br3FNO/c21-15-4-6-18(7-5-15)25-11-14-9-16(22)10-19(23)20(14)26-12-13-2-1-3-17(24)8-13/h1-10,25H,11-12H2. The quantitative estimate of drug-likeness (QED) is 0.352. The molecule has 0 saturated heterocycles.